The molecule has 1 aromatic rings. The minimum absolute atomic E-state index is 0.0234. The molecule has 20 heavy (non-hydrogen) atoms. The number of carbonyl (C=O) groups is 2. The number of amides is 2. The molecule has 1 unspecified atom stereocenters. The summed E-state index contributed by atoms with van der Waals surface area (Å²) >= 11 is 1.67. The van der Waals surface area contributed by atoms with Gasteiger partial charge in [-0.05, 0) is 0 Å². The van der Waals surface area contributed by atoms with Crippen LogP contribution in [0.2, 0.25) is 0 Å². The fraction of sp³-hybridized carbons (Fsp3) is 0.636. The van der Waals surface area contributed by atoms with E-state index in [9.17, 15) is 9.59 Å². The van der Waals surface area contributed by atoms with Gasteiger partial charge < -0.3 is 19.9 Å². The van der Waals surface area contributed by atoms with Gasteiger partial charge in [-0.1, -0.05) is 0 Å². The quantitative estimate of drug-likeness (QED) is 0.806. The summed E-state index contributed by atoms with van der Waals surface area (Å²) in [6, 6.07) is -0.509. The molecule has 0 aliphatic carbocycles. The third-order valence-electron chi connectivity index (χ3n) is 3.10. The van der Waals surface area contributed by atoms with E-state index < -0.39 is 5.97 Å². The monoisotopic (exact) mass is 299 g/mol. The van der Waals surface area contributed by atoms with Gasteiger partial charge in [0.2, 0.25) is 0 Å². The second-order valence-corrected chi connectivity index (χ2v) is 5.69. The Bertz CT molecular complexity index is 492. The molecule has 0 radical (unpaired) electrons. The number of carbonyl (C=O) groups excluding carboxylic acids is 1. The van der Waals surface area contributed by atoms with Crippen LogP contribution in [0.3, 0.4) is 0 Å². The van der Waals surface area contributed by atoms with Crippen LogP contribution in [0.25, 0.3) is 0 Å². The van der Waals surface area contributed by atoms with Crippen molar-refractivity contribution in [3.63, 3.8) is 0 Å². The topological polar surface area (TPSA) is 100 Å². The van der Waals surface area contributed by atoms with Crippen molar-refractivity contribution in [3.05, 3.63) is 12.2 Å². The summed E-state index contributed by atoms with van der Waals surface area (Å²) < 4.78 is 1.72. The van der Waals surface area contributed by atoms with E-state index in [0.717, 1.165) is 5.75 Å². The molecule has 1 aliphatic heterocycles. The second-order valence-electron chi connectivity index (χ2n) is 4.54. The molecule has 2 rings (SSSR count). The maximum atomic E-state index is 12.2. The summed E-state index contributed by atoms with van der Waals surface area (Å²) in [6.45, 7) is 0.839. The van der Waals surface area contributed by atoms with Crippen molar-refractivity contribution in [1.29, 1.82) is 0 Å². The number of nitrogens with one attached hydrogen (secondary N) is 1. The highest BCUT2D eigenvalue weighted by atomic mass is 32.2. The lowest BCUT2D eigenvalue weighted by Gasteiger charge is -2.34. The number of urea groups is 1. The highest BCUT2D eigenvalue weighted by Crippen LogP contribution is 2.19. The Kier molecular flexibility index (Phi) is 4.83. The van der Waals surface area contributed by atoms with Crippen LogP contribution in [0, 0.1) is 0 Å². The zero-order chi connectivity index (χ0) is 14.5. The molecule has 1 atom stereocenters. The van der Waals surface area contributed by atoms with Gasteiger partial charge in [-0.2, -0.15) is 11.8 Å². The van der Waals surface area contributed by atoms with Gasteiger partial charge in [-0.3, -0.25) is 4.79 Å². The maximum Gasteiger partial charge on any atom is 0.318 e. The average Bonchev–Trinajstić information content (AvgIpc) is 2.81. The van der Waals surface area contributed by atoms with Crippen LogP contribution in [0.4, 0.5) is 4.79 Å². The summed E-state index contributed by atoms with van der Waals surface area (Å²) in [5, 5.41) is 19.3. The van der Waals surface area contributed by atoms with E-state index in [1.54, 1.807) is 34.6 Å². The first-order valence-corrected chi connectivity index (χ1v) is 7.40. The highest BCUT2D eigenvalue weighted by molar-refractivity contribution is 7.99. The van der Waals surface area contributed by atoms with E-state index in [1.807, 2.05) is 0 Å². The summed E-state index contributed by atoms with van der Waals surface area (Å²) in [7, 11) is 1.80. The number of aryl methyl sites for hydroxylation is 1. The smallest absolute Gasteiger partial charge is 0.318 e. The number of carboxylic acids is 1. The number of carboxylic acid groups (broad SMARTS) is 1. The summed E-state index contributed by atoms with van der Waals surface area (Å²) in [5.41, 5.74) is 0. The first-order valence-electron chi connectivity index (χ1n) is 6.25. The minimum Gasteiger partial charge on any atom is -0.481 e. The van der Waals surface area contributed by atoms with E-state index in [2.05, 4.69) is 15.5 Å². The van der Waals surface area contributed by atoms with Gasteiger partial charge in [0.25, 0.3) is 0 Å². The molecule has 110 valence electrons. The van der Waals surface area contributed by atoms with Crippen molar-refractivity contribution in [3.8, 4) is 0 Å². The summed E-state index contributed by atoms with van der Waals surface area (Å²) in [6.07, 6.45) is 1.54. The van der Waals surface area contributed by atoms with Crippen LogP contribution in [0.15, 0.2) is 6.33 Å². The number of rotatable bonds is 4. The fourth-order valence-electron chi connectivity index (χ4n) is 2.02. The predicted octanol–water partition coefficient (Wildman–Crippen LogP) is -0.0832. The molecule has 9 heteroatoms. The normalized spacial score (nSPS) is 18.9. The Balaban J connectivity index is 1.92. The largest absolute Gasteiger partial charge is 0.481 e. The van der Waals surface area contributed by atoms with Crippen molar-refractivity contribution in [2.24, 2.45) is 7.05 Å². The van der Waals surface area contributed by atoms with E-state index in [4.69, 9.17) is 5.11 Å². The number of thioether (sulfide) groups is 1. The number of aromatic nitrogens is 3. The molecular formula is C11H17N5O3S. The molecule has 2 N–H and O–H groups in total. The lowest BCUT2D eigenvalue weighted by molar-refractivity contribution is -0.138. The molecule has 1 fully saturated rings. The standard InChI is InChI=1S/C11H17N5O3S/c1-15-7-13-14-9(15)5-12-11(19)16-2-3-20-6-8(16)4-10(17)18/h7-8H,2-6H2,1H3,(H,12,19)(H,17,18). The van der Waals surface area contributed by atoms with Crippen LogP contribution in [0.1, 0.15) is 12.2 Å². The fourth-order valence-corrected chi connectivity index (χ4v) is 3.08. The Labute approximate surface area is 120 Å². The summed E-state index contributed by atoms with van der Waals surface area (Å²) in [5.74, 6) is 1.25. The maximum absolute atomic E-state index is 12.2. The number of hydrogen-bond acceptors (Lipinski definition) is 5. The van der Waals surface area contributed by atoms with Crippen LogP contribution < -0.4 is 5.32 Å². The molecule has 1 aromatic heterocycles. The Morgan fingerprint density at radius 2 is 2.40 bits per heavy atom. The molecule has 0 spiro atoms. The van der Waals surface area contributed by atoms with Gasteiger partial charge in [0.15, 0.2) is 5.82 Å². The third-order valence-corrected chi connectivity index (χ3v) is 4.19. The van der Waals surface area contributed by atoms with Crippen molar-refractivity contribution in [2.45, 2.75) is 19.0 Å². The van der Waals surface area contributed by atoms with Gasteiger partial charge in [-0.25, -0.2) is 4.79 Å². The number of aliphatic carboxylic acids is 1. The highest BCUT2D eigenvalue weighted by Gasteiger charge is 2.28. The van der Waals surface area contributed by atoms with Gasteiger partial charge in [0.1, 0.15) is 6.33 Å². The molecule has 0 saturated carbocycles. The van der Waals surface area contributed by atoms with Crippen molar-refractivity contribution in [2.75, 3.05) is 18.1 Å². The zero-order valence-corrected chi connectivity index (χ0v) is 12.0. The van der Waals surface area contributed by atoms with E-state index >= 15 is 0 Å². The molecular weight excluding hydrogens is 282 g/mol. The molecule has 1 aliphatic rings. The first-order chi connectivity index (χ1) is 9.58. The zero-order valence-electron chi connectivity index (χ0n) is 11.2. The van der Waals surface area contributed by atoms with Crippen molar-refractivity contribution in [1.82, 2.24) is 25.0 Å². The molecule has 8 nitrogen and oxygen atoms in total. The van der Waals surface area contributed by atoms with E-state index in [0.29, 0.717) is 18.1 Å². The van der Waals surface area contributed by atoms with Gasteiger partial charge in [-0.15, -0.1) is 10.2 Å². The van der Waals surface area contributed by atoms with Crippen molar-refractivity contribution < 1.29 is 14.7 Å². The third kappa shape index (κ3) is 3.62. The second kappa shape index (κ2) is 6.60. The number of nitrogens with zero attached hydrogens (tertiary/aromatic N) is 4. The van der Waals surface area contributed by atoms with E-state index in [-0.39, 0.29) is 25.0 Å². The van der Waals surface area contributed by atoms with Crippen LogP contribution in [-0.4, -0.2) is 60.9 Å². The predicted molar refractivity (Wildman–Crippen MR) is 73.3 cm³/mol. The Hall–Kier alpha value is -1.77. The van der Waals surface area contributed by atoms with Crippen LogP contribution in [0.5, 0.6) is 0 Å². The molecule has 2 amide bonds. The van der Waals surface area contributed by atoms with Crippen LogP contribution >= 0.6 is 11.8 Å². The molecule has 0 aromatic carbocycles. The average molecular weight is 299 g/mol. The first kappa shape index (κ1) is 14.6. The van der Waals surface area contributed by atoms with Gasteiger partial charge >= 0.3 is 12.0 Å². The summed E-state index contributed by atoms with van der Waals surface area (Å²) in [4.78, 5) is 24.6. The minimum atomic E-state index is -0.886. The lowest BCUT2D eigenvalue weighted by atomic mass is 10.2. The van der Waals surface area contributed by atoms with Crippen molar-refractivity contribution >= 4 is 23.8 Å². The Morgan fingerprint density at radius 3 is 3.05 bits per heavy atom. The van der Waals surface area contributed by atoms with E-state index in [1.165, 1.54) is 0 Å². The lowest BCUT2D eigenvalue weighted by Crippen LogP contribution is -2.51. The number of hydrogen-bond donors (Lipinski definition) is 2. The Morgan fingerprint density at radius 1 is 1.60 bits per heavy atom. The molecule has 0 bridgehead atoms. The molecule has 2 heterocycles. The SMILES string of the molecule is Cn1cnnc1CNC(=O)N1CCSCC1CC(=O)O. The van der Waals surface area contributed by atoms with Gasteiger partial charge in [0, 0.05) is 25.1 Å². The van der Waals surface area contributed by atoms with Gasteiger partial charge in [0.05, 0.1) is 19.0 Å². The molecule has 1 saturated heterocycles. The van der Waals surface area contributed by atoms with Crippen LogP contribution in [-0.2, 0) is 18.4 Å².